The van der Waals surface area contributed by atoms with Crippen molar-refractivity contribution in [2.45, 2.75) is 59.9 Å². The summed E-state index contributed by atoms with van der Waals surface area (Å²) in [6.45, 7) is 12.6. The molecular weight excluding hydrogens is 200 g/mol. The highest BCUT2D eigenvalue weighted by atomic mass is 16.3. The number of hydrogen-bond donors (Lipinski definition) is 1. The highest BCUT2D eigenvalue weighted by Gasteiger charge is 2.23. The summed E-state index contributed by atoms with van der Waals surface area (Å²) in [5.74, 6) is 0.902. The Bertz CT molecular complexity index is 359. The molecule has 92 valence electrons. The van der Waals surface area contributed by atoms with Gasteiger partial charge < -0.3 is 5.11 Å². The van der Waals surface area contributed by atoms with Crippen LogP contribution in [-0.2, 0) is 18.4 Å². The maximum atomic E-state index is 10.2. The number of nitrogens with zero attached hydrogens (tertiary/aromatic N) is 2. The molecule has 3 nitrogen and oxygen atoms in total. The zero-order chi connectivity index (χ0) is 12.5. The van der Waals surface area contributed by atoms with E-state index in [-0.39, 0.29) is 5.54 Å². The van der Waals surface area contributed by atoms with Gasteiger partial charge in [-0.3, -0.25) is 0 Å². The van der Waals surface area contributed by atoms with Gasteiger partial charge in [0.15, 0.2) is 0 Å². The molecule has 3 heteroatoms. The largest absolute Gasteiger partial charge is 0.493 e. The molecule has 0 fully saturated rings. The van der Waals surface area contributed by atoms with Gasteiger partial charge in [0.05, 0.1) is 11.2 Å². The fraction of sp³-hybridized carbons (Fsp3) is 0.769. The quantitative estimate of drug-likeness (QED) is 0.856. The molecule has 1 aromatic heterocycles. The summed E-state index contributed by atoms with van der Waals surface area (Å²) in [5, 5.41) is 14.7. The van der Waals surface area contributed by atoms with Gasteiger partial charge >= 0.3 is 0 Å². The second-order valence-electron chi connectivity index (χ2n) is 5.78. The monoisotopic (exact) mass is 224 g/mol. The Balaban J connectivity index is 3.20. The fourth-order valence-electron chi connectivity index (χ4n) is 1.87. The first-order chi connectivity index (χ1) is 7.27. The third-order valence-corrected chi connectivity index (χ3v) is 2.63. The minimum absolute atomic E-state index is 0.163. The van der Waals surface area contributed by atoms with Crippen LogP contribution < -0.4 is 0 Å². The van der Waals surface area contributed by atoms with E-state index in [9.17, 15) is 5.11 Å². The van der Waals surface area contributed by atoms with Gasteiger partial charge in [0.2, 0.25) is 5.88 Å². The molecule has 0 bridgehead atoms. The van der Waals surface area contributed by atoms with Gasteiger partial charge in [-0.1, -0.05) is 20.8 Å². The molecule has 0 unspecified atom stereocenters. The highest BCUT2D eigenvalue weighted by molar-refractivity contribution is 5.31. The zero-order valence-corrected chi connectivity index (χ0v) is 11.3. The topological polar surface area (TPSA) is 38.0 Å². The average molecular weight is 224 g/mol. The second-order valence-corrected chi connectivity index (χ2v) is 5.78. The summed E-state index contributed by atoms with van der Waals surface area (Å²) < 4.78 is 1.74. The lowest BCUT2D eigenvalue weighted by Gasteiger charge is -2.20. The highest BCUT2D eigenvalue weighted by Crippen LogP contribution is 2.29. The van der Waals surface area contributed by atoms with Crippen LogP contribution in [0.25, 0.3) is 0 Å². The van der Waals surface area contributed by atoms with Crippen LogP contribution in [0.4, 0.5) is 0 Å². The molecular formula is C13H24N2O. The standard InChI is InChI=1S/C13H24N2O/c1-7-10-11(8-9(2)3)14-15(12(10)16)13(4,5)6/h9,16H,7-8H2,1-6H3. The number of rotatable bonds is 3. The average Bonchev–Trinajstić information content (AvgIpc) is 2.40. The number of hydrogen-bond acceptors (Lipinski definition) is 2. The van der Waals surface area contributed by atoms with Gasteiger partial charge in [0.1, 0.15) is 0 Å². The molecule has 0 atom stereocenters. The molecule has 1 aromatic rings. The van der Waals surface area contributed by atoms with E-state index in [2.05, 4.69) is 46.6 Å². The first kappa shape index (κ1) is 13.1. The fourth-order valence-corrected chi connectivity index (χ4v) is 1.87. The van der Waals surface area contributed by atoms with Gasteiger partial charge in [-0.2, -0.15) is 5.10 Å². The molecule has 1 heterocycles. The molecule has 0 aliphatic carbocycles. The van der Waals surface area contributed by atoms with Crippen LogP contribution in [0, 0.1) is 5.92 Å². The first-order valence-corrected chi connectivity index (χ1v) is 6.07. The summed E-state index contributed by atoms with van der Waals surface area (Å²) in [5.41, 5.74) is 1.89. The number of aromatic hydroxyl groups is 1. The van der Waals surface area contributed by atoms with Crippen LogP contribution in [0.5, 0.6) is 5.88 Å². The molecule has 0 saturated heterocycles. The Hall–Kier alpha value is -0.990. The van der Waals surface area contributed by atoms with Crippen LogP contribution in [0.15, 0.2) is 0 Å². The van der Waals surface area contributed by atoms with Gasteiger partial charge in [-0.15, -0.1) is 0 Å². The predicted octanol–water partition coefficient (Wildman–Crippen LogP) is 3.10. The lowest BCUT2D eigenvalue weighted by atomic mass is 10.0. The van der Waals surface area contributed by atoms with Gasteiger partial charge in [-0.25, -0.2) is 4.68 Å². The zero-order valence-electron chi connectivity index (χ0n) is 11.3. The Morgan fingerprint density at radius 2 is 1.88 bits per heavy atom. The Morgan fingerprint density at radius 1 is 1.31 bits per heavy atom. The normalized spacial score (nSPS) is 12.4. The van der Waals surface area contributed by atoms with Crippen molar-refractivity contribution in [1.82, 2.24) is 9.78 Å². The van der Waals surface area contributed by atoms with E-state index in [4.69, 9.17) is 0 Å². The van der Waals surface area contributed by atoms with Crippen molar-refractivity contribution in [3.05, 3.63) is 11.3 Å². The van der Waals surface area contributed by atoms with Crippen LogP contribution in [0.2, 0.25) is 0 Å². The predicted molar refractivity (Wildman–Crippen MR) is 66.8 cm³/mol. The first-order valence-electron chi connectivity index (χ1n) is 6.07. The Labute approximate surface area is 98.5 Å². The van der Waals surface area contributed by atoms with Gasteiger partial charge in [0, 0.05) is 5.56 Å². The van der Waals surface area contributed by atoms with E-state index < -0.39 is 0 Å². The van der Waals surface area contributed by atoms with Crippen molar-refractivity contribution in [1.29, 1.82) is 0 Å². The van der Waals surface area contributed by atoms with Crippen molar-refractivity contribution in [2.24, 2.45) is 5.92 Å². The summed E-state index contributed by atoms with van der Waals surface area (Å²) in [6.07, 6.45) is 1.77. The molecule has 0 radical (unpaired) electrons. The van der Waals surface area contributed by atoms with Crippen molar-refractivity contribution < 1.29 is 5.11 Å². The van der Waals surface area contributed by atoms with Crippen LogP contribution in [0.3, 0.4) is 0 Å². The van der Waals surface area contributed by atoms with Crippen LogP contribution >= 0.6 is 0 Å². The smallest absolute Gasteiger partial charge is 0.213 e. The molecule has 0 aliphatic rings. The Kier molecular flexibility index (Phi) is 3.66. The minimum Gasteiger partial charge on any atom is -0.493 e. The minimum atomic E-state index is -0.163. The van der Waals surface area contributed by atoms with E-state index in [0.717, 1.165) is 24.1 Å². The molecule has 0 amide bonds. The molecule has 0 saturated carbocycles. The molecule has 0 aromatic carbocycles. The summed E-state index contributed by atoms with van der Waals surface area (Å²) in [6, 6.07) is 0. The van der Waals surface area contributed by atoms with Gasteiger partial charge in [0.25, 0.3) is 0 Å². The van der Waals surface area contributed by atoms with E-state index in [1.807, 2.05) is 0 Å². The summed E-state index contributed by atoms with van der Waals surface area (Å²) in [7, 11) is 0. The van der Waals surface area contributed by atoms with Crippen molar-refractivity contribution >= 4 is 0 Å². The van der Waals surface area contributed by atoms with Crippen LogP contribution in [-0.4, -0.2) is 14.9 Å². The van der Waals surface area contributed by atoms with Gasteiger partial charge in [-0.05, 0) is 39.5 Å². The van der Waals surface area contributed by atoms with E-state index in [0.29, 0.717) is 11.8 Å². The molecule has 0 aliphatic heterocycles. The maximum Gasteiger partial charge on any atom is 0.213 e. The molecule has 1 rings (SSSR count). The third kappa shape index (κ3) is 2.57. The van der Waals surface area contributed by atoms with Crippen molar-refractivity contribution in [3.63, 3.8) is 0 Å². The lowest BCUT2D eigenvalue weighted by molar-refractivity contribution is 0.292. The van der Waals surface area contributed by atoms with E-state index in [1.165, 1.54) is 0 Å². The molecule has 1 N–H and O–H groups in total. The van der Waals surface area contributed by atoms with Crippen LogP contribution in [0.1, 0.15) is 52.8 Å². The maximum absolute atomic E-state index is 10.2. The molecule has 16 heavy (non-hydrogen) atoms. The second kappa shape index (κ2) is 4.48. The summed E-state index contributed by atoms with van der Waals surface area (Å²) in [4.78, 5) is 0. The number of aromatic nitrogens is 2. The van der Waals surface area contributed by atoms with E-state index >= 15 is 0 Å². The molecule has 0 spiro atoms. The third-order valence-electron chi connectivity index (χ3n) is 2.63. The SMILES string of the molecule is CCc1c(CC(C)C)nn(C(C)(C)C)c1O. The lowest BCUT2D eigenvalue weighted by Crippen LogP contribution is -2.23. The van der Waals surface area contributed by atoms with E-state index in [1.54, 1.807) is 4.68 Å². The van der Waals surface area contributed by atoms with Crippen molar-refractivity contribution in [2.75, 3.05) is 0 Å². The summed E-state index contributed by atoms with van der Waals surface area (Å²) >= 11 is 0. The van der Waals surface area contributed by atoms with Crippen molar-refractivity contribution in [3.8, 4) is 5.88 Å². The Morgan fingerprint density at radius 3 is 2.25 bits per heavy atom.